The van der Waals surface area contributed by atoms with E-state index in [1.807, 2.05) is 12.1 Å². The van der Waals surface area contributed by atoms with E-state index in [1.165, 1.54) is 7.11 Å². The minimum Gasteiger partial charge on any atom is -0.464 e. The molecule has 6 heteroatoms. The van der Waals surface area contributed by atoms with Crippen molar-refractivity contribution in [2.45, 2.75) is 0 Å². The van der Waals surface area contributed by atoms with Crippen molar-refractivity contribution < 1.29 is 9.53 Å². The molecule has 0 aliphatic rings. The molecule has 126 valence electrons. The second-order valence-electron chi connectivity index (χ2n) is 5.78. The maximum atomic E-state index is 11.7. The number of carbonyl (C=O) groups is 1. The first-order valence-corrected chi connectivity index (χ1v) is 10.6. The minimum atomic E-state index is -0.903. The number of rotatable bonds is 2. The molecule has 1 aromatic carbocycles. The molecular weight excluding hydrogens is 365 g/mol. The van der Waals surface area contributed by atoms with Crippen molar-refractivity contribution >= 4 is 39.2 Å². The van der Waals surface area contributed by atoms with E-state index in [0.29, 0.717) is 16.3 Å². The molecule has 0 radical (unpaired) electrons. The summed E-state index contributed by atoms with van der Waals surface area (Å²) in [6, 6.07) is 8.82. The Bertz CT molecular complexity index is 848. The van der Waals surface area contributed by atoms with Gasteiger partial charge in [0, 0.05) is 11.1 Å². The van der Waals surface area contributed by atoms with Crippen molar-refractivity contribution in [1.29, 1.82) is 0 Å². The fraction of sp³-hybridized carbons (Fsp3) is 0.222. The van der Waals surface area contributed by atoms with Crippen LogP contribution in [0.5, 0.6) is 0 Å². The van der Waals surface area contributed by atoms with Gasteiger partial charge in [0.1, 0.15) is 0 Å². The molecule has 0 aliphatic heterocycles. The van der Waals surface area contributed by atoms with E-state index < -0.39 is 16.0 Å². The van der Waals surface area contributed by atoms with Crippen LogP contribution in [-0.2, 0) is 4.74 Å². The second-order valence-corrected chi connectivity index (χ2v) is 10.5. The predicted molar refractivity (Wildman–Crippen MR) is 103 cm³/mol. The van der Waals surface area contributed by atoms with Crippen molar-refractivity contribution in [2.75, 3.05) is 25.9 Å². The number of esters is 1. The molecule has 0 spiro atoms. The van der Waals surface area contributed by atoms with Gasteiger partial charge in [-0.05, 0) is 48.3 Å². The molecule has 0 saturated carbocycles. The maximum Gasteiger partial charge on any atom is 0.358 e. The Morgan fingerprint density at radius 3 is 2.42 bits per heavy atom. The van der Waals surface area contributed by atoms with E-state index in [0.717, 1.165) is 5.56 Å². The van der Waals surface area contributed by atoms with Crippen molar-refractivity contribution in [3.05, 3.63) is 51.6 Å². The molecule has 0 bridgehead atoms. The van der Waals surface area contributed by atoms with Crippen LogP contribution < -0.4 is 0 Å². The molecule has 0 amide bonds. The first-order chi connectivity index (χ1) is 11.2. The Morgan fingerprint density at radius 1 is 1.12 bits per heavy atom. The largest absolute Gasteiger partial charge is 0.464 e. The Balaban J connectivity index is 2.43. The van der Waals surface area contributed by atoms with Gasteiger partial charge in [-0.15, -0.1) is 0 Å². The number of benzene rings is 1. The number of nitrogens with zero attached hydrogens (tertiary/aromatic N) is 1. The van der Waals surface area contributed by atoms with Gasteiger partial charge in [0.2, 0.25) is 0 Å². The van der Waals surface area contributed by atoms with Crippen molar-refractivity contribution in [3.8, 4) is 22.4 Å². The van der Waals surface area contributed by atoms with Gasteiger partial charge in [-0.1, -0.05) is 35.2 Å². The van der Waals surface area contributed by atoms with Gasteiger partial charge in [0.05, 0.1) is 22.8 Å². The highest BCUT2D eigenvalue weighted by Crippen LogP contribution is 2.33. The number of hydrogen-bond acceptors (Lipinski definition) is 3. The number of halogens is 2. The first kappa shape index (κ1) is 18.7. The molecule has 0 fully saturated rings. The molecule has 2 rings (SSSR count). The normalized spacial score (nSPS) is 11.4. The summed E-state index contributed by atoms with van der Waals surface area (Å²) in [6.07, 6.45) is 6.38. The Labute approximate surface area is 153 Å². The first-order valence-electron chi connectivity index (χ1n) is 6.97. The van der Waals surface area contributed by atoms with Crippen LogP contribution in [-0.4, -0.2) is 36.8 Å². The van der Waals surface area contributed by atoms with Crippen LogP contribution in [0.1, 0.15) is 16.1 Å². The van der Waals surface area contributed by atoms with Crippen LogP contribution in [0.2, 0.25) is 10.0 Å². The third-order valence-corrected chi connectivity index (χ3v) is 4.30. The molecule has 0 N–H and O–H groups in total. The van der Waals surface area contributed by atoms with Crippen LogP contribution in [0.4, 0.5) is 0 Å². The van der Waals surface area contributed by atoms with Gasteiger partial charge in [0.25, 0.3) is 0 Å². The van der Waals surface area contributed by atoms with Crippen LogP contribution in [0.15, 0.2) is 30.3 Å². The van der Waals surface area contributed by atoms with E-state index in [1.54, 1.807) is 18.2 Å². The third kappa shape index (κ3) is 4.67. The Hall–Kier alpha value is -1.67. The summed E-state index contributed by atoms with van der Waals surface area (Å²) in [6.45, 7) is 0. The van der Waals surface area contributed by atoms with E-state index in [2.05, 4.69) is 39.7 Å². The lowest BCUT2D eigenvalue weighted by Gasteiger charge is -2.14. The van der Waals surface area contributed by atoms with Crippen LogP contribution in [0, 0.1) is 11.2 Å². The molecule has 0 unspecified atom stereocenters. The lowest BCUT2D eigenvalue weighted by Crippen LogP contribution is -2.06. The fourth-order valence-corrected chi connectivity index (χ4v) is 2.73. The Morgan fingerprint density at radius 2 is 1.83 bits per heavy atom. The average Bonchev–Trinajstić information content (AvgIpc) is 2.52. The summed E-state index contributed by atoms with van der Waals surface area (Å²) in [5.41, 5.74) is 2.15. The molecule has 1 heterocycles. The maximum absolute atomic E-state index is 11.7. The van der Waals surface area contributed by atoms with Crippen molar-refractivity contribution in [3.63, 3.8) is 0 Å². The van der Waals surface area contributed by atoms with E-state index in [9.17, 15) is 4.79 Å². The monoisotopic (exact) mass is 381 g/mol. The lowest BCUT2D eigenvalue weighted by molar-refractivity contribution is 0.0594. The summed E-state index contributed by atoms with van der Waals surface area (Å²) in [4.78, 5) is 16.0. The predicted octanol–water partition coefficient (Wildman–Crippen LogP) is 4.85. The smallest absolute Gasteiger partial charge is 0.358 e. The van der Waals surface area contributed by atoms with Gasteiger partial charge in [-0.3, -0.25) is 0 Å². The van der Waals surface area contributed by atoms with Crippen LogP contribution >= 0.6 is 33.2 Å². The minimum absolute atomic E-state index is 0.0629. The van der Waals surface area contributed by atoms with Gasteiger partial charge in [0.15, 0.2) is 5.69 Å². The zero-order valence-electron chi connectivity index (χ0n) is 13.8. The highest BCUT2D eigenvalue weighted by atomic mass is 35.5. The molecule has 0 saturated heterocycles. The molecule has 24 heavy (non-hydrogen) atoms. The number of pyridine rings is 1. The summed E-state index contributed by atoms with van der Waals surface area (Å²) in [7, 11) is 0.380. The summed E-state index contributed by atoms with van der Waals surface area (Å²) < 4.78 is 4.69. The quantitative estimate of drug-likeness (QED) is 0.551. The number of aromatic nitrogens is 1. The van der Waals surface area contributed by atoms with Gasteiger partial charge >= 0.3 is 5.97 Å². The summed E-state index contributed by atoms with van der Waals surface area (Å²) in [5, 5.41) is 3.99. The standard InChI is InChI=1S/C18H17Cl2NO2S/c1-23-18(22)17-14(19)7-8-16(21-17)13-6-5-12(11-15(13)20)9-10-24(2,3)4/h5-8,11H,1-4H3. The van der Waals surface area contributed by atoms with E-state index in [-0.39, 0.29) is 10.7 Å². The SMILES string of the molecule is COC(=O)c1nc(-c2ccc(C#CS(C)(C)C)cc2Cl)ccc1Cl. The zero-order chi connectivity index (χ0) is 17.9. The number of ether oxygens (including phenoxy) is 1. The zero-order valence-corrected chi connectivity index (χ0v) is 16.1. The topological polar surface area (TPSA) is 39.2 Å². The highest BCUT2D eigenvalue weighted by Gasteiger charge is 2.15. The number of methoxy groups -OCH3 is 1. The van der Waals surface area contributed by atoms with Crippen LogP contribution in [0.25, 0.3) is 11.3 Å². The van der Waals surface area contributed by atoms with E-state index in [4.69, 9.17) is 23.2 Å². The number of carbonyl (C=O) groups excluding carboxylic acids is 1. The van der Waals surface area contributed by atoms with Crippen molar-refractivity contribution in [1.82, 2.24) is 4.98 Å². The van der Waals surface area contributed by atoms with Crippen molar-refractivity contribution in [2.24, 2.45) is 0 Å². The van der Waals surface area contributed by atoms with E-state index >= 15 is 0 Å². The third-order valence-electron chi connectivity index (χ3n) is 2.97. The van der Waals surface area contributed by atoms with Gasteiger partial charge in [-0.2, -0.15) is 10.0 Å². The van der Waals surface area contributed by atoms with Crippen LogP contribution in [0.3, 0.4) is 0 Å². The average molecular weight is 382 g/mol. The second kappa shape index (κ2) is 7.48. The summed E-state index contributed by atoms with van der Waals surface area (Å²) >= 11 is 12.4. The van der Waals surface area contributed by atoms with Gasteiger partial charge < -0.3 is 4.74 Å². The molecule has 1 aromatic heterocycles. The Kier molecular flexibility index (Phi) is 5.82. The number of hydrogen-bond donors (Lipinski definition) is 0. The van der Waals surface area contributed by atoms with Gasteiger partial charge in [-0.25, -0.2) is 9.78 Å². The molecule has 3 nitrogen and oxygen atoms in total. The fourth-order valence-electron chi connectivity index (χ4n) is 1.84. The summed E-state index contributed by atoms with van der Waals surface area (Å²) in [5.74, 6) is 2.55. The lowest BCUT2D eigenvalue weighted by atomic mass is 10.1. The molecule has 0 atom stereocenters. The molecular formula is C18H17Cl2NO2S. The molecule has 0 aliphatic carbocycles. The highest BCUT2D eigenvalue weighted by molar-refractivity contribution is 8.35. The molecule has 2 aromatic rings.